The predicted molar refractivity (Wildman–Crippen MR) is 86.8 cm³/mol. The second-order valence-corrected chi connectivity index (χ2v) is 7.31. The number of rotatable bonds is 2. The normalized spacial score (nSPS) is 25.0. The van der Waals surface area contributed by atoms with Crippen molar-refractivity contribution >= 4 is 12.0 Å². The van der Waals surface area contributed by atoms with Crippen molar-refractivity contribution in [2.45, 2.75) is 57.8 Å². The third-order valence-corrected chi connectivity index (χ3v) is 4.56. The lowest BCUT2D eigenvalue weighted by atomic mass is 9.91. The highest BCUT2D eigenvalue weighted by Crippen LogP contribution is 2.40. The molecule has 2 fully saturated rings. The number of likely N-dealkylation sites (tertiary alicyclic amines) is 2. The fourth-order valence-corrected chi connectivity index (χ4v) is 3.49. The van der Waals surface area contributed by atoms with Crippen LogP contribution in [0.25, 0.3) is 0 Å². The number of benzene rings is 1. The summed E-state index contributed by atoms with van der Waals surface area (Å²) in [6.07, 6.45) is 0.428. The van der Waals surface area contributed by atoms with E-state index in [9.17, 15) is 9.59 Å². The van der Waals surface area contributed by atoms with Gasteiger partial charge in [0.05, 0.1) is 12.1 Å². The fourth-order valence-electron chi connectivity index (χ4n) is 3.49. The van der Waals surface area contributed by atoms with Gasteiger partial charge in [0, 0.05) is 6.54 Å². The molecular formula is C18H24N2O3. The van der Waals surface area contributed by atoms with Crippen molar-refractivity contribution in [1.29, 1.82) is 0 Å². The van der Waals surface area contributed by atoms with Gasteiger partial charge in [-0.2, -0.15) is 0 Å². The van der Waals surface area contributed by atoms with Crippen LogP contribution in [0.2, 0.25) is 0 Å². The van der Waals surface area contributed by atoms with Gasteiger partial charge in [-0.15, -0.1) is 0 Å². The van der Waals surface area contributed by atoms with E-state index in [0.717, 1.165) is 12.0 Å². The number of β-lactam (4-membered cyclic amide) rings is 1. The first-order valence-electron chi connectivity index (χ1n) is 8.16. The lowest BCUT2D eigenvalue weighted by Crippen LogP contribution is -2.67. The standard InChI is InChI=1S/C18H24N2O3/c1-12(13-8-6-5-7-9-13)20-14-10-11-19(15(14)16(20)21)17(22)23-18(2,3)4/h5-9,12,14-15H,10-11H2,1-4H3/t12-,14+,15-/m0/s1. The average molecular weight is 316 g/mol. The molecule has 2 amide bonds. The zero-order chi connectivity index (χ0) is 16.8. The Morgan fingerprint density at radius 1 is 1.26 bits per heavy atom. The highest BCUT2D eigenvalue weighted by atomic mass is 16.6. The summed E-state index contributed by atoms with van der Waals surface area (Å²) in [7, 11) is 0. The van der Waals surface area contributed by atoms with Crippen LogP contribution in [0.5, 0.6) is 0 Å². The van der Waals surface area contributed by atoms with Gasteiger partial charge in [-0.1, -0.05) is 30.3 Å². The topological polar surface area (TPSA) is 49.9 Å². The molecule has 2 heterocycles. The Kier molecular flexibility index (Phi) is 3.82. The Balaban J connectivity index is 1.71. The van der Waals surface area contributed by atoms with Crippen LogP contribution in [-0.4, -0.2) is 46.0 Å². The Hall–Kier alpha value is -2.04. The van der Waals surface area contributed by atoms with Crippen molar-refractivity contribution in [2.75, 3.05) is 6.54 Å². The Morgan fingerprint density at radius 3 is 2.52 bits per heavy atom. The Bertz CT molecular complexity index is 608. The van der Waals surface area contributed by atoms with Crippen LogP contribution in [0, 0.1) is 0 Å². The van der Waals surface area contributed by atoms with Gasteiger partial charge < -0.3 is 9.64 Å². The summed E-state index contributed by atoms with van der Waals surface area (Å²) in [6.45, 7) is 8.13. The highest BCUT2D eigenvalue weighted by Gasteiger charge is 2.57. The summed E-state index contributed by atoms with van der Waals surface area (Å²) in [5, 5.41) is 0. The lowest BCUT2D eigenvalue weighted by molar-refractivity contribution is -0.157. The number of nitrogens with zero attached hydrogens (tertiary/aromatic N) is 2. The van der Waals surface area contributed by atoms with Crippen molar-refractivity contribution in [3.63, 3.8) is 0 Å². The summed E-state index contributed by atoms with van der Waals surface area (Å²) in [4.78, 5) is 28.4. The monoisotopic (exact) mass is 316 g/mol. The van der Waals surface area contributed by atoms with E-state index in [1.807, 2.05) is 62.9 Å². The molecule has 5 nitrogen and oxygen atoms in total. The minimum Gasteiger partial charge on any atom is -0.444 e. The summed E-state index contributed by atoms with van der Waals surface area (Å²) in [5.74, 6) is 0.0229. The van der Waals surface area contributed by atoms with Crippen LogP contribution in [0.15, 0.2) is 30.3 Å². The summed E-state index contributed by atoms with van der Waals surface area (Å²) < 4.78 is 5.42. The predicted octanol–water partition coefficient (Wildman–Crippen LogP) is 2.97. The molecule has 0 aliphatic carbocycles. The molecule has 1 aromatic rings. The molecule has 23 heavy (non-hydrogen) atoms. The van der Waals surface area contributed by atoms with Gasteiger partial charge >= 0.3 is 6.09 Å². The van der Waals surface area contributed by atoms with E-state index in [-0.39, 0.29) is 30.1 Å². The third kappa shape index (κ3) is 2.80. The summed E-state index contributed by atoms with van der Waals surface area (Å²) in [5.41, 5.74) is 0.578. The average Bonchev–Trinajstić information content (AvgIpc) is 2.86. The van der Waals surface area contributed by atoms with Crippen molar-refractivity contribution in [1.82, 2.24) is 9.80 Å². The second-order valence-electron chi connectivity index (χ2n) is 7.31. The number of ether oxygens (including phenoxy) is 1. The van der Waals surface area contributed by atoms with E-state index in [1.165, 1.54) is 0 Å². The van der Waals surface area contributed by atoms with Gasteiger partial charge in [0.2, 0.25) is 5.91 Å². The van der Waals surface area contributed by atoms with Crippen LogP contribution in [0.1, 0.15) is 45.7 Å². The molecule has 0 unspecified atom stereocenters. The number of amides is 2. The maximum absolute atomic E-state index is 12.6. The van der Waals surface area contributed by atoms with Crippen LogP contribution < -0.4 is 0 Å². The smallest absolute Gasteiger partial charge is 0.411 e. The highest BCUT2D eigenvalue weighted by molar-refractivity contribution is 5.93. The molecule has 2 aliphatic heterocycles. The lowest BCUT2D eigenvalue weighted by Gasteiger charge is -2.48. The number of hydrogen-bond donors (Lipinski definition) is 0. The van der Waals surface area contributed by atoms with Gasteiger partial charge in [0.15, 0.2) is 0 Å². The molecule has 0 N–H and O–H groups in total. The van der Waals surface area contributed by atoms with Crippen LogP contribution in [0.3, 0.4) is 0 Å². The molecule has 1 aromatic carbocycles. The van der Waals surface area contributed by atoms with E-state index in [1.54, 1.807) is 4.90 Å². The zero-order valence-electron chi connectivity index (χ0n) is 14.2. The minimum atomic E-state index is -0.543. The van der Waals surface area contributed by atoms with Gasteiger partial charge in [0.25, 0.3) is 0 Å². The first-order chi connectivity index (χ1) is 10.8. The Morgan fingerprint density at radius 2 is 1.91 bits per heavy atom. The molecule has 0 saturated carbocycles. The maximum Gasteiger partial charge on any atom is 0.411 e. The first-order valence-corrected chi connectivity index (χ1v) is 8.16. The van der Waals surface area contributed by atoms with Crippen molar-refractivity contribution < 1.29 is 14.3 Å². The molecule has 3 rings (SSSR count). The molecular weight excluding hydrogens is 292 g/mol. The SMILES string of the molecule is C[C@@H](c1ccccc1)N1C(=O)[C@@H]2[C@H]1CCN2C(=O)OC(C)(C)C. The van der Waals surface area contributed by atoms with Crippen LogP contribution >= 0.6 is 0 Å². The quantitative estimate of drug-likeness (QED) is 0.788. The Labute approximate surface area is 137 Å². The van der Waals surface area contributed by atoms with Crippen LogP contribution in [0.4, 0.5) is 4.79 Å². The molecule has 0 spiro atoms. The summed E-state index contributed by atoms with van der Waals surface area (Å²) in [6, 6.07) is 9.78. The van der Waals surface area contributed by atoms with Crippen LogP contribution in [-0.2, 0) is 9.53 Å². The van der Waals surface area contributed by atoms with Crippen molar-refractivity contribution in [3.05, 3.63) is 35.9 Å². The summed E-state index contributed by atoms with van der Waals surface area (Å²) >= 11 is 0. The van der Waals surface area contributed by atoms with E-state index < -0.39 is 5.60 Å². The van der Waals surface area contributed by atoms with E-state index >= 15 is 0 Å². The van der Waals surface area contributed by atoms with Gasteiger partial charge in [-0.25, -0.2) is 4.79 Å². The fraction of sp³-hybridized carbons (Fsp3) is 0.556. The van der Waals surface area contributed by atoms with E-state index in [0.29, 0.717) is 6.54 Å². The van der Waals surface area contributed by atoms with E-state index in [4.69, 9.17) is 4.74 Å². The second kappa shape index (κ2) is 5.55. The van der Waals surface area contributed by atoms with Gasteiger partial charge in [-0.3, -0.25) is 9.69 Å². The molecule has 5 heteroatoms. The molecule has 0 bridgehead atoms. The number of hydrogen-bond acceptors (Lipinski definition) is 3. The number of fused-ring (bicyclic) bond motifs is 1. The van der Waals surface area contributed by atoms with Gasteiger partial charge in [-0.05, 0) is 39.7 Å². The minimum absolute atomic E-state index is 0.0229. The number of carbonyl (C=O) groups is 2. The molecule has 0 aromatic heterocycles. The first kappa shape index (κ1) is 15.8. The largest absolute Gasteiger partial charge is 0.444 e. The van der Waals surface area contributed by atoms with Gasteiger partial charge in [0.1, 0.15) is 11.6 Å². The molecule has 124 valence electrons. The van der Waals surface area contributed by atoms with Crippen molar-refractivity contribution in [2.24, 2.45) is 0 Å². The zero-order valence-corrected chi connectivity index (χ0v) is 14.2. The maximum atomic E-state index is 12.6. The molecule has 2 aliphatic rings. The van der Waals surface area contributed by atoms with E-state index in [2.05, 4.69) is 0 Å². The molecule has 3 atom stereocenters. The molecule has 0 radical (unpaired) electrons. The third-order valence-electron chi connectivity index (χ3n) is 4.56. The number of carbonyl (C=O) groups excluding carboxylic acids is 2. The molecule has 2 saturated heterocycles. The van der Waals surface area contributed by atoms with Crippen molar-refractivity contribution in [3.8, 4) is 0 Å².